The van der Waals surface area contributed by atoms with Crippen LogP contribution in [0.4, 0.5) is 0 Å². The van der Waals surface area contributed by atoms with Gasteiger partial charge in [0.05, 0.1) is 59.3 Å². The number of ether oxygens (including phenoxy) is 4. The Balaban J connectivity index is 1.85. The van der Waals surface area contributed by atoms with Crippen LogP contribution in [0.2, 0.25) is 0 Å². The maximum absolute atomic E-state index is 12.3. The highest BCUT2D eigenvalue weighted by Crippen LogP contribution is 2.34. The van der Waals surface area contributed by atoms with Gasteiger partial charge >= 0.3 is 0 Å². The van der Waals surface area contributed by atoms with Crippen molar-refractivity contribution in [3.8, 4) is 0 Å². The Labute approximate surface area is 201 Å². The zero-order valence-corrected chi connectivity index (χ0v) is 21.9. The molecule has 1 N–H and O–H groups in total. The fraction of sp³-hybridized carbons (Fsp3) is 0.920. The van der Waals surface area contributed by atoms with E-state index >= 15 is 0 Å². The summed E-state index contributed by atoms with van der Waals surface area (Å²) in [5.74, 6) is 0.871. The lowest BCUT2D eigenvalue weighted by Crippen LogP contribution is -2.41. The number of amides is 2. The number of nitrogens with one attached hydrogen (secondary N) is 1. The molecule has 0 atom stereocenters. The molecular weight excluding hydrogens is 424 g/mol. The summed E-state index contributed by atoms with van der Waals surface area (Å²) in [5.41, 5.74) is 0.106. The topological polar surface area (TPSA) is 86.3 Å². The normalized spacial score (nSPS) is 15.6. The van der Waals surface area contributed by atoms with Crippen LogP contribution >= 0.6 is 0 Å². The molecule has 1 heterocycles. The molecular formula is C25H48N2O6. The Morgan fingerprint density at radius 2 is 1.15 bits per heavy atom. The van der Waals surface area contributed by atoms with Gasteiger partial charge in [-0.05, 0) is 44.9 Å². The first-order valence-corrected chi connectivity index (χ1v) is 12.4. The number of hydrogen-bond donors (Lipinski definition) is 1. The van der Waals surface area contributed by atoms with Gasteiger partial charge in [-0.1, -0.05) is 20.8 Å². The van der Waals surface area contributed by atoms with Crippen LogP contribution < -0.4 is 5.32 Å². The average Bonchev–Trinajstić information content (AvgIpc) is 2.72. The first-order chi connectivity index (χ1) is 15.5. The molecule has 8 heteroatoms. The van der Waals surface area contributed by atoms with Gasteiger partial charge in [-0.15, -0.1) is 0 Å². The number of carbonyl (C=O) groups is 2. The van der Waals surface area contributed by atoms with E-state index in [9.17, 15) is 9.59 Å². The summed E-state index contributed by atoms with van der Waals surface area (Å²) >= 11 is 0. The molecule has 1 rings (SSSR count). The van der Waals surface area contributed by atoms with Crippen LogP contribution in [0.25, 0.3) is 0 Å². The number of nitrogens with zero attached hydrogens (tertiary/aromatic N) is 1. The van der Waals surface area contributed by atoms with Crippen molar-refractivity contribution >= 4 is 11.8 Å². The number of hydrogen-bond acceptors (Lipinski definition) is 6. The SMILES string of the molecule is CC(C)(C)NC(=O)CCOCCOCCOCCOCCC(=O)N1CCC(C(C)(C)C)CC1. The van der Waals surface area contributed by atoms with Gasteiger partial charge in [0.15, 0.2) is 0 Å². The molecule has 0 aromatic heterocycles. The first-order valence-electron chi connectivity index (χ1n) is 12.4. The van der Waals surface area contributed by atoms with E-state index in [1.165, 1.54) is 0 Å². The van der Waals surface area contributed by atoms with Crippen molar-refractivity contribution in [1.82, 2.24) is 10.2 Å². The molecule has 8 nitrogen and oxygen atoms in total. The molecule has 0 unspecified atom stereocenters. The molecule has 194 valence electrons. The van der Waals surface area contributed by atoms with E-state index < -0.39 is 0 Å². The van der Waals surface area contributed by atoms with E-state index in [1.807, 2.05) is 25.7 Å². The van der Waals surface area contributed by atoms with E-state index in [4.69, 9.17) is 18.9 Å². The van der Waals surface area contributed by atoms with Crippen molar-refractivity contribution in [2.75, 3.05) is 65.9 Å². The largest absolute Gasteiger partial charge is 0.379 e. The van der Waals surface area contributed by atoms with E-state index in [1.54, 1.807) is 0 Å². The van der Waals surface area contributed by atoms with Gasteiger partial charge < -0.3 is 29.2 Å². The molecule has 0 radical (unpaired) electrons. The minimum absolute atomic E-state index is 0.0101. The van der Waals surface area contributed by atoms with Gasteiger partial charge in [-0.2, -0.15) is 0 Å². The number of rotatable bonds is 15. The maximum Gasteiger partial charge on any atom is 0.224 e. The summed E-state index contributed by atoms with van der Waals surface area (Å²) in [7, 11) is 0. The molecule has 2 amide bonds. The predicted octanol–water partition coefficient (Wildman–Crippen LogP) is 3.03. The third-order valence-electron chi connectivity index (χ3n) is 5.64. The van der Waals surface area contributed by atoms with Crippen LogP contribution in [-0.4, -0.2) is 88.2 Å². The number of likely N-dealkylation sites (tertiary alicyclic amines) is 1. The number of piperidine rings is 1. The predicted molar refractivity (Wildman–Crippen MR) is 129 cm³/mol. The Kier molecular flexibility index (Phi) is 14.1. The molecule has 0 saturated carbocycles. The zero-order valence-electron chi connectivity index (χ0n) is 21.9. The van der Waals surface area contributed by atoms with E-state index in [0.717, 1.165) is 25.9 Å². The lowest BCUT2D eigenvalue weighted by Gasteiger charge is -2.38. The fourth-order valence-electron chi connectivity index (χ4n) is 3.72. The molecule has 1 saturated heterocycles. The van der Waals surface area contributed by atoms with Crippen LogP contribution in [0.15, 0.2) is 0 Å². The second-order valence-corrected chi connectivity index (χ2v) is 10.8. The summed E-state index contributed by atoms with van der Waals surface area (Å²) in [6.07, 6.45) is 2.96. The third kappa shape index (κ3) is 15.3. The standard InChI is InChI=1S/C25H48N2O6/c1-24(2,3)21-7-11-27(12-8-21)23(29)10-14-31-16-18-33-20-19-32-17-15-30-13-9-22(28)26-25(4,5)6/h21H,7-20H2,1-6H3,(H,26,28). The van der Waals surface area contributed by atoms with Crippen molar-refractivity contribution in [3.05, 3.63) is 0 Å². The number of carbonyl (C=O) groups excluding carboxylic acids is 2. The smallest absolute Gasteiger partial charge is 0.224 e. The van der Waals surface area contributed by atoms with E-state index in [2.05, 4.69) is 26.1 Å². The summed E-state index contributed by atoms with van der Waals surface area (Å²) in [6, 6.07) is 0. The van der Waals surface area contributed by atoms with Crippen LogP contribution in [0.5, 0.6) is 0 Å². The van der Waals surface area contributed by atoms with E-state index in [-0.39, 0.29) is 17.4 Å². The van der Waals surface area contributed by atoms with E-state index in [0.29, 0.717) is 77.0 Å². The maximum atomic E-state index is 12.3. The van der Waals surface area contributed by atoms with Crippen LogP contribution in [0, 0.1) is 11.3 Å². The molecule has 0 aromatic carbocycles. The fourth-order valence-corrected chi connectivity index (χ4v) is 3.72. The Bertz CT molecular complexity index is 548. The highest BCUT2D eigenvalue weighted by molar-refractivity contribution is 5.76. The molecule has 0 aromatic rings. The van der Waals surface area contributed by atoms with Gasteiger partial charge in [0.1, 0.15) is 0 Å². The molecule has 33 heavy (non-hydrogen) atoms. The zero-order chi connectivity index (χ0) is 24.7. The monoisotopic (exact) mass is 472 g/mol. The quantitative estimate of drug-likeness (QED) is 0.369. The van der Waals surface area contributed by atoms with Crippen LogP contribution in [0.1, 0.15) is 67.2 Å². The summed E-state index contributed by atoms with van der Waals surface area (Å²) in [6.45, 7) is 18.1. The second kappa shape index (κ2) is 15.6. The molecule has 0 spiro atoms. The molecule has 0 aliphatic carbocycles. The van der Waals surface area contributed by atoms with Crippen LogP contribution in [0.3, 0.4) is 0 Å². The van der Waals surface area contributed by atoms with Crippen molar-refractivity contribution < 1.29 is 28.5 Å². The Morgan fingerprint density at radius 3 is 1.58 bits per heavy atom. The van der Waals surface area contributed by atoms with Crippen molar-refractivity contribution in [2.45, 2.75) is 72.8 Å². The van der Waals surface area contributed by atoms with Gasteiger partial charge in [0.25, 0.3) is 0 Å². The highest BCUT2D eigenvalue weighted by Gasteiger charge is 2.30. The van der Waals surface area contributed by atoms with Crippen molar-refractivity contribution in [1.29, 1.82) is 0 Å². The summed E-state index contributed by atoms with van der Waals surface area (Å²) in [5, 5.41) is 2.89. The lowest BCUT2D eigenvalue weighted by atomic mass is 9.75. The molecule has 1 aliphatic heterocycles. The lowest BCUT2D eigenvalue weighted by molar-refractivity contribution is -0.134. The minimum Gasteiger partial charge on any atom is -0.379 e. The van der Waals surface area contributed by atoms with Crippen molar-refractivity contribution in [3.63, 3.8) is 0 Å². The minimum atomic E-state index is -0.216. The summed E-state index contributed by atoms with van der Waals surface area (Å²) < 4.78 is 21.8. The van der Waals surface area contributed by atoms with Gasteiger partial charge in [-0.3, -0.25) is 9.59 Å². The average molecular weight is 473 g/mol. The Hall–Kier alpha value is -1.22. The molecule has 1 aliphatic rings. The highest BCUT2D eigenvalue weighted by atomic mass is 16.6. The van der Waals surface area contributed by atoms with Crippen LogP contribution in [-0.2, 0) is 28.5 Å². The van der Waals surface area contributed by atoms with Gasteiger partial charge in [-0.25, -0.2) is 0 Å². The van der Waals surface area contributed by atoms with Crippen molar-refractivity contribution in [2.24, 2.45) is 11.3 Å². The van der Waals surface area contributed by atoms with Gasteiger partial charge in [0, 0.05) is 25.0 Å². The third-order valence-corrected chi connectivity index (χ3v) is 5.64. The summed E-state index contributed by atoms with van der Waals surface area (Å²) in [4.78, 5) is 25.9. The van der Waals surface area contributed by atoms with Gasteiger partial charge in [0.2, 0.25) is 11.8 Å². The molecule has 0 bridgehead atoms. The Morgan fingerprint density at radius 1 is 0.727 bits per heavy atom. The first kappa shape index (κ1) is 29.8. The second-order valence-electron chi connectivity index (χ2n) is 10.8. The molecule has 1 fully saturated rings.